The fraction of sp³-hybridized carbons (Fsp3) is 0.714. The lowest BCUT2D eigenvalue weighted by Crippen LogP contribution is -2.41. The maximum atomic E-state index is 12.6. The zero-order valence-corrected chi connectivity index (χ0v) is 19.3. The van der Waals surface area contributed by atoms with E-state index in [-0.39, 0.29) is 11.1 Å². The van der Waals surface area contributed by atoms with Gasteiger partial charge in [-0.2, -0.15) is 0 Å². The van der Waals surface area contributed by atoms with Crippen LogP contribution in [0, 0.1) is 0 Å². The summed E-state index contributed by atoms with van der Waals surface area (Å²) < 4.78 is 11.8. The minimum Gasteiger partial charge on any atom is -0.443 e. The second-order valence-electron chi connectivity index (χ2n) is 9.88. The summed E-state index contributed by atoms with van der Waals surface area (Å²) in [4.78, 5) is 19.1. The van der Waals surface area contributed by atoms with E-state index in [4.69, 9.17) is 14.1 Å². The van der Waals surface area contributed by atoms with Crippen molar-refractivity contribution in [2.75, 3.05) is 18.1 Å². The number of hydrogen-bond donors (Lipinski definition) is 0. The molecule has 27 heavy (non-hydrogen) atoms. The van der Waals surface area contributed by atoms with Crippen LogP contribution in [-0.2, 0) is 22.0 Å². The Hall–Kier alpha value is -1.40. The van der Waals surface area contributed by atoms with Crippen LogP contribution in [0.3, 0.4) is 0 Å². The van der Waals surface area contributed by atoms with E-state index in [1.807, 2.05) is 20.8 Å². The second-order valence-corrected chi connectivity index (χ2v) is 14.7. The van der Waals surface area contributed by atoms with Crippen molar-refractivity contribution in [1.82, 2.24) is 4.98 Å². The molecule has 6 heteroatoms. The van der Waals surface area contributed by atoms with E-state index in [2.05, 4.69) is 46.0 Å². The van der Waals surface area contributed by atoms with Gasteiger partial charge in [-0.1, -0.05) is 26.8 Å². The number of carbonyl (C=O) groups excluding carboxylic acids is 1. The zero-order chi connectivity index (χ0) is 20.5. The molecule has 2 rings (SSSR count). The lowest BCUT2D eigenvalue weighted by atomic mass is 10.1. The lowest BCUT2D eigenvalue weighted by molar-refractivity contribution is 0.0576. The number of ether oxygens (including phenoxy) is 1. The van der Waals surface area contributed by atoms with Crippen LogP contribution in [0.5, 0.6) is 0 Å². The number of hydrogen-bond acceptors (Lipinski definition) is 4. The Morgan fingerprint density at radius 2 is 1.85 bits per heavy atom. The molecule has 152 valence electrons. The van der Waals surface area contributed by atoms with Crippen molar-refractivity contribution in [3.05, 3.63) is 23.4 Å². The van der Waals surface area contributed by atoms with E-state index >= 15 is 0 Å². The predicted octanol–water partition coefficient (Wildman–Crippen LogP) is 5.33. The number of carbonyl (C=O) groups is 1. The van der Waals surface area contributed by atoms with Gasteiger partial charge in [0.25, 0.3) is 0 Å². The largest absolute Gasteiger partial charge is 0.443 e. The van der Waals surface area contributed by atoms with Crippen molar-refractivity contribution in [1.29, 1.82) is 0 Å². The van der Waals surface area contributed by atoms with Gasteiger partial charge in [0.2, 0.25) is 0 Å². The van der Waals surface area contributed by atoms with Gasteiger partial charge in [-0.25, -0.2) is 9.78 Å². The molecule has 5 nitrogen and oxygen atoms in total. The fourth-order valence-electron chi connectivity index (χ4n) is 2.74. The maximum absolute atomic E-state index is 12.6. The van der Waals surface area contributed by atoms with E-state index in [9.17, 15) is 4.79 Å². The first kappa shape index (κ1) is 21.9. The lowest BCUT2D eigenvalue weighted by Gasteiger charge is -2.36. The van der Waals surface area contributed by atoms with Gasteiger partial charge in [-0.05, 0) is 63.4 Å². The van der Waals surface area contributed by atoms with Gasteiger partial charge in [-0.3, -0.25) is 4.90 Å². The Balaban J connectivity index is 2.10. The standard InChI is InChI=1S/C21H36N2O3Si/c1-20(2,3)26-19(24)23-14-9-10-16-11-12-17(22-18(16)23)13-15-25-27(7,8)21(4,5)6/h11-12H,9-10,13-15H2,1-8H3. The SMILES string of the molecule is CC(C)(C)OC(=O)N1CCCc2ccc(CCO[Si](C)(C)C(C)(C)C)nc21. The zero-order valence-electron chi connectivity index (χ0n) is 18.3. The average molecular weight is 393 g/mol. The fourth-order valence-corrected chi connectivity index (χ4v) is 3.79. The molecule has 1 aromatic rings. The number of amides is 1. The highest BCUT2D eigenvalue weighted by Gasteiger charge is 2.37. The monoisotopic (exact) mass is 392 g/mol. The van der Waals surface area contributed by atoms with Gasteiger partial charge in [0.05, 0.1) is 0 Å². The topological polar surface area (TPSA) is 51.7 Å². The first-order valence-electron chi connectivity index (χ1n) is 9.93. The number of aromatic nitrogens is 1. The number of aryl methyl sites for hydroxylation is 1. The van der Waals surface area contributed by atoms with Crippen molar-refractivity contribution in [2.24, 2.45) is 0 Å². The normalized spacial score (nSPS) is 15.5. The Kier molecular flexibility index (Phi) is 6.42. The molecule has 0 saturated heterocycles. The van der Waals surface area contributed by atoms with E-state index in [0.717, 1.165) is 36.3 Å². The van der Waals surface area contributed by atoms with E-state index in [1.54, 1.807) is 4.90 Å². The first-order valence-corrected chi connectivity index (χ1v) is 12.8. The molecule has 0 aliphatic carbocycles. The molecule has 0 fully saturated rings. The third-order valence-corrected chi connectivity index (χ3v) is 9.88. The quantitative estimate of drug-likeness (QED) is 0.650. The van der Waals surface area contributed by atoms with Crippen LogP contribution in [0.1, 0.15) is 59.2 Å². The molecule has 0 atom stereocenters. The smallest absolute Gasteiger partial charge is 0.416 e. The van der Waals surface area contributed by atoms with Crippen LogP contribution < -0.4 is 4.90 Å². The van der Waals surface area contributed by atoms with Gasteiger partial charge in [-0.15, -0.1) is 0 Å². The molecule has 0 spiro atoms. The average Bonchev–Trinajstić information content (AvgIpc) is 2.51. The van der Waals surface area contributed by atoms with Crippen molar-refractivity contribution < 1.29 is 14.0 Å². The third kappa shape index (κ3) is 5.78. The van der Waals surface area contributed by atoms with Crippen LogP contribution in [0.2, 0.25) is 18.1 Å². The molecule has 1 aliphatic rings. The highest BCUT2D eigenvalue weighted by molar-refractivity contribution is 6.74. The van der Waals surface area contributed by atoms with Gasteiger partial charge in [0.15, 0.2) is 8.32 Å². The molecule has 0 bridgehead atoms. The summed E-state index contributed by atoms with van der Waals surface area (Å²) in [6.45, 7) is 18.2. The molecular formula is C21H36N2O3Si. The molecule has 2 heterocycles. The highest BCUT2D eigenvalue weighted by atomic mass is 28.4. The molecule has 1 aromatic heterocycles. The van der Waals surface area contributed by atoms with Crippen LogP contribution in [-0.4, -0.2) is 38.1 Å². The molecule has 0 saturated carbocycles. The summed E-state index contributed by atoms with van der Waals surface area (Å²) >= 11 is 0. The van der Waals surface area contributed by atoms with E-state index < -0.39 is 13.9 Å². The minimum atomic E-state index is -1.76. The molecule has 1 amide bonds. The van der Waals surface area contributed by atoms with Crippen LogP contribution in [0.15, 0.2) is 12.1 Å². The van der Waals surface area contributed by atoms with E-state index in [0.29, 0.717) is 13.2 Å². The summed E-state index contributed by atoms with van der Waals surface area (Å²) in [6.07, 6.45) is 2.32. The number of rotatable bonds is 4. The van der Waals surface area contributed by atoms with Crippen LogP contribution in [0.25, 0.3) is 0 Å². The summed E-state index contributed by atoms with van der Waals surface area (Å²) in [5.41, 5.74) is 1.56. The number of anilines is 1. The summed E-state index contributed by atoms with van der Waals surface area (Å²) in [7, 11) is -1.76. The molecule has 1 aliphatic heterocycles. The number of nitrogens with zero attached hydrogens (tertiary/aromatic N) is 2. The van der Waals surface area contributed by atoms with Gasteiger partial charge >= 0.3 is 6.09 Å². The van der Waals surface area contributed by atoms with Gasteiger partial charge in [0, 0.05) is 25.3 Å². The third-order valence-electron chi connectivity index (χ3n) is 5.34. The number of fused-ring (bicyclic) bond motifs is 1. The van der Waals surface area contributed by atoms with Gasteiger partial charge < -0.3 is 9.16 Å². The Morgan fingerprint density at radius 1 is 1.19 bits per heavy atom. The summed E-state index contributed by atoms with van der Waals surface area (Å²) in [5.74, 6) is 0.750. The summed E-state index contributed by atoms with van der Waals surface area (Å²) in [6, 6.07) is 4.16. The van der Waals surface area contributed by atoms with Gasteiger partial charge in [0.1, 0.15) is 11.4 Å². The molecule has 0 unspecified atom stereocenters. The first-order chi connectivity index (χ1) is 12.3. The maximum Gasteiger partial charge on any atom is 0.416 e. The van der Waals surface area contributed by atoms with Crippen molar-refractivity contribution in [3.63, 3.8) is 0 Å². The van der Waals surface area contributed by atoms with Crippen molar-refractivity contribution in [2.45, 2.75) is 84.5 Å². The van der Waals surface area contributed by atoms with Crippen LogP contribution >= 0.6 is 0 Å². The molecular weight excluding hydrogens is 356 g/mol. The predicted molar refractivity (Wildman–Crippen MR) is 113 cm³/mol. The van der Waals surface area contributed by atoms with Crippen LogP contribution in [0.4, 0.5) is 10.6 Å². The Labute approximate surface area is 165 Å². The van der Waals surface area contributed by atoms with E-state index in [1.165, 1.54) is 0 Å². The van der Waals surface area contributed by atoms with Crippen molar-refractivity contribution >= 4 is 20.2 Å². The summed E-state index contributed by atoms with van der Waals surface area (Å²) in [5, 5.41) is 0.198. The van der Waals surface area contributed by atoms with Crippen molar-refractivity contribution in [3.8, 4) is 0 Å². The second kappa shape index (κ2) is 7.92. The minimum absolute atomic E-state index is 0.198. The molecule has 0 aromatic carbocycles. The number of pyridine rings is 1. The molecule has 0 radical (unpaired) electrons. The Bertz CT molecular complexity index is 675. The Morgan fingerprint density at radius 3 is 2.44 bits per heavy atom. The molecule has 0 N–H and O–H groups in total. The highest BCUT2D eigenvalue weighted by Crippen LogP contribution is 2.36.